The monoisotopic (exact) mass is 299 g/mol. The van der Waals surface area contributed by atoms with Crippen LogP contribution in [-0.4, -0.2) is 34.3 Å². The molecule has 1 aromatic carbocycles. The molecule has 4 nitrogen and oxygen atoms in total. The molecule has 0 amide bonds. The number of para-hydroxylation sites is 1. The van der Waals surface area contributed by atoms with Crippen molar-refractivity contribution in [1.82, 2.24) is 9.97 Å². The Balaban J connectivity index is 2.10. The number of benzene rings is 1. The smallest absolute Gasteiger partial charge is 0.140 e. The zero-order valence-electron chi connectivity index (χ0n) is 13.5. The number of rotatable bonds is 4. The molecule has 1 fully saturated rings. The second-order valence-corrected chi connectivity index (χ2v) is 6.43. The second-order valence-electron chi connectivity index (χ2n) is 6.43. The van der Waals surface area contributed by atoms with Crippen molar-refractivity contribution in [3.63, 3.8) is 0 Å². The number of hydrogen-bond acceptors (Lipinski definition) is 4. The summed E-state index contributed by atoms with van der Waals surface area (Å²) < 4.78 is 0. The average Bonchev–Trinajstić information content (AvgIpc) is 2.54. The van der Waals surface area contributed by atoms with E-state index in [9.17, 15) is 5.11 Å². The van der Waals surface area contributed by atoms with E-state index in [1.165, 1.54) is 12.8 Å². The van der Waals surface area contributed by atoms with Crippen molar-refractivity contribution < 1.29 is 5.11 Å². The molecule has 0 radical (unpaired) electrons. The summed E-state index contributed by atoms with van der Waals surface area (Å²) in [6.45, 7) is 5.52. The van der Waals surface area contributed by atoms with Crippen LogP contribution in [0.3, 0.4) is 0 Å². The SMILES string of the molecule is CC(C)c1nc(N2CCCCC2CCO)c2ccccc2n1. The first-order valence-electron chi connectivity index (χ1n) is 8.35. The van der Waals surface area contributed by atoms with Crippen molar-refractivity contribution in [1.29, 1.82) is 0 Å². The molecule has 0 bridgehead atoms. The van der Waals surface area contributed by atoms with Crippen LogP contribution in [0.1, 0.15) is 51.3 Å². The summed E-state index contributed by atoms with van der Waals surface area (Å²) in [5.41, 5.74) is 1.02. The summed E-state index contributed by atoms with van der Waals surface area (Å²) in [6, 6.07) is 8.65. The van der Waals surface area contributed by atoms with Crippen molar-refractivity contribution in [2.45, 2.75) is 51.5 Å². The Kier molecular flexibility index (Phi) is 4.57. The Morgan fingerprint density at radius 1 is 1.23 bits per heavy atom. The molecule has 1 atom stereocenters. The standard InChI is InChI=1S/C18H25N3O/c1-13(2)17-19-16-9-4-3-8-15(16)18(20-17)21-11-6-5-7-14(21)10-12-22/h3-4,8-9,13-14,22H,5-7,10-12H2,1-2H3. The van der Waals surface area contributed by atoms with Crippen LogP contribution in [0.15, 0.2) is 24.3 Å². The van der Waals surface area contributed by atoms with Gasteiger partial charge in [0.2, 0.25) is 0 Å². The van der Waals surface area contributed by atoms with Crippen molar-refractivity contribution >= 4 is 16.7 Å². The molecule has 118 valence electrons. The minimum Gasteiger partial charge on any atom is -0.396 e. The van der Waals surface area contributed by atoms with E-state index in [0.717, 1.165) is 41.9 Å². The lowest BCUT2D eigenvalue weighted by Crippen LogP contribution is -2.41. The third kappa shape index (κ3) is 2.93. The normalized spacial score (nSPS) is 19.1. The van der Waals surface area contributed by atoms with Gasteiger partial charge in [0.25, 0.3) is 0 Å². The Morgan fingerprint density at radius 2 is 2.05 bits per heavy atom. The highest BCUT2D eigenvalue weighted by Gasteiger charge is 2.25. The van der Waals surface area contributed by atoms with E-state index in [1.807, 2.05) is 6.07 Å². The van der Waals surface area contributed by atoms with Gasteiger partial charge in [-0.05, 0) is 37.8 Å². The van der Waals surface area contributed by atoms with Gasteiger partial charge in [-0.1, -0.05) is 26.0 Å². The van der Waals surface area contributed by atoms with E-state index in [0.29, 0.717) is 12.0 Å². The van der Waals surface area contributed by atoms with Gasteiger partial charge < -0.3 is 10.0 Å². The lowest BCUT2D eigenvalue weighted by atomic mass is 9.99. The number of anilines is 1. The number of piperidine rings is 1. The summed E-state index contributed by atoms with van der Waals surface area (Å²) in [4.78, 5) is 12.0. The molecule has 1 aliphatic heterocycles. The van der Waals surface area contributed by atoms with Crippen molar-refractivity contribution in [3.05, 3.63) is 30.1 Å². The molecule has 3 rings (SSSR count). The predicted octanol–water partition coefficient (Wildman–Crippen LogP) is 3.49. The zero-order valence-corrected chi connectivity index (χ0v) is 13.5. The lowest BCUT2D eigenvalue weighted by Gasteiger charge is -2.37. The van der Waals surface area contributed by atoms with Crippen molar-refractivity contribution in [2.24, 2.45) is 0 Å². The lowest BCUT2D eigenvalue weighted by molar-refractivity contribution is 0.262. The van der Waals surface area contributed by atoms with Gasteiger partial charge in [0.15, 0.2) is 0 Å². The Morgan fingerprint density at radius 3 is 2.82 bits per heavy atom. The molecule has 4 heteroatoms. The van der Waals surface area contributed by atoms with Crippen LogP contribution in [0.2, 0.25) is 0 Å². The molecule has 0 saturated carbocycles. The third-order valence-electron chi connectivity index (χ3n) is 4.48. The van der Waals surface area contributed by atoms with Gasteiger partial charge in [0, 0.05) is 30.5 Å². The summed E-state index contributed by atoms with van der Waals surface area (Å²) in [6.07, 6.45) is 4.38. The molecule has 1 aliphatic rings. The van der Waals surface area contributed by atoms with E-state index in [-0.39, 0.29) is 6.61 Å². The first-order valence-corrected chi connectivity index (χ1v) is 8.35. The summed E-state index contributed by atoms with van der Waals surface area (Å²) in [7, 11) is 0. The third-order valence-corrected chi connectivity index (χ3v) is 4.48. The quantitative estimate of drug-likeness (QED) is 0.939. The van der Waals surface area contributed by atoms with Crippen LogP contribution in [0, 0.1) is 0 Å². The highest BCUT2D eigenvalue weighted by molar-refractivity contribution is 5.89. The first-order chi connectivity index (χ1) is 10.7. The fraction of sp³-hybridized carbons (Fsp3) is 0.556. The van der Waals surface area contributed by atoms with E-state index in [2.05, 4.69) is 36.9 Å². The highest BCUT2D eigenvalue weighted by atomic mass is 16.3. The molecule has 1 saturated heterocycles. The Labute approximate surface area is 132 Å². The molecule has 2 aromatic rings. The van der Waals surface area contributed by atoms with Crippen LogP contribution in [-0.2, 0) is 0 Å². The number of hydrogen-bond donors (Lipinski definition) is 1. The van der Waals surface area contributed by atoms with Gasteiger partial charge in [0.05, 0.1) is 5.52 Å². The number of aliphatic hydroxyl groups is 1. The fourth-order valence-corrected chi connectivity index (χ4v) is 3.28. The maximum Gasteiger partial charge on any atom is 0.140 e. The molecular formula is C18H25N3O. The maximum atomic E-state index is 9.38. The van der Waals surface area contributed by atoms with Gasteiger partial charge in [-0.3, -0.25) is 0 Å². The van der Waals surface area contributed by atoms with Gasteiger partial charge in [-0.2, -0.15) is 0 Å². The maximum absolute atomic E-state index is 9.38. The molecular weight excluding hydrogens is 274 g/mol. The van der Waals surface area contributed by atoms with E-state index >= 15 is 0 Å². The van der Waals surface area contributed by atoms with Crippen molar-refractivity contribution in [2.75, 3.05) is 18.1 Å². The van der Waals surface area contributed by atoms with E-state index in [4.69, 9.17) is 9.97 Å². The van der Waals surface area contributed by atoms with Crippen LogP contribution < -0.4 is 4.90 Å². The molecule has 1 N–H and O–H groups in total. The molecule has 0 spiro atoms. The minimum atomic E-state index is 0.237. The van der Waals surface area contributed by atoms with Crippen LogP contribution in [0.5, 0.6) is 0 Å². The van der Waals surface area contributed by atoms with Gasteiger partial charge in [-0.15, -0.1) is 0 Å². The van der Waals surface area contributed by atoms with Crippen LogP contribution >= 0.6 is 0 Å². The number of aromatic nitrogens is 2. The van der Waals surface area contributed by atoms with Gasteiger partial charge >= 0.3 is 0 Å². The Hall–Kier alpha value is -1.68. The van der Waals surface area contributed by atoms with E-state index in [1.54, 1.807) is 0 Å². The van der Waals surface area contributed by atoms with Crippen LogP contribution in [0.25, 0.3) is 10.9 Å². The predicted molar refractivity (Wildman–Crippen MR) is 90.3 cm³/mol. The minimum absolute atomic E-state index is 0.237. The van der Waals surface area contributed by atoms with E-state index < -0.39 is 0 Å². The molecule has 22 heavy (non-hydrogen) atoms. The second kappa shape index (κ2) is 6.61. The number of nitrogens with zero attached hydrogens (tertiary/aromatic N) is 3. The largest absolute Gasteiger partial charge is 0.396 e. The topological polar surface area (TPSA) is 49.2 Å². The molecule has 2 heterocycles. The average molecular weight is 299 g/mol. The Bertz CT molecular complexity index is 639. The van der Waals surface area contributed by atoms with Crippen molar-refractivity contribution in [3.8, 4) is 0 Å². The summed E-state index contributed by atoms with van der Waals surface area (Å²) in [5, 5.41) is 10.5. The molecule has 1 unspecified atom stereocenters. The fourth-order valence-electron chi connectivity index (χ4n) is 3.28. The summed E-state index contributed by atoms with van der Waals surface area (Å²) >= 11 is 0. The van der Waals surface area contributed by atoms with Gasteiger partial charge in [0.1, 0.15) is 11.6 Å². The molecule has 1 aromatic heterocycles. The zero-order chi connectivity index (χ0) is 15.5. The molecule has 0 aliphatic carbocycles. The first kappa shape index (κ1) is 15.2. The number of aliphatic hydroxyl groups excluding tert-OH is 1. The highest BCUT2D eigenvalue weighted by Crippen LogP contribution is 2.31. The number of fused-ring (bicyclic) bond motifs is 1. The summed E-state index contributed by atoms with van der Waals surface area (Å²) in [5.74, 6) is 2.26. The van der Waals surface area contributed by atoms with Crippen LogP contribution in [0.4, 0.5) is 5.82 Å². The van der Waals surface area contributed by atoms with Gasteiger partial charge in [-0.25, -0.2) is 9.97 Å².